The molecule has 3 heterocycles. The third-order valence-electron chi connectivity index (χ3n) is 3.27. The number of nitrogens with zero attached hydrogens (tertiary/aromatic N) is 1. The van der Waals surface area contributed by atoms with Gasteiger partial charge in [0.1, 0.15) is 0 Å². The van der Waals surface area contributed by atoms with Crippen molar-refractivity contribution in [3.63, 3.8) is 0 Å². The van der Waals surface area contributed by atoms with Gasteiger partial charge in [-0.3, -0.25) is 4.79 Å². The fourth-order valence-corrected chi connectivity index (χ4v) is 2.31. The zero-order valence-corrected chi connectivity index (χ0v) is 9.86. The normalized spacial score (nSPS) is 16.6. The molecule has 0 amide bonds. The first-order chi connectivity index (χ1) is 8.25. The molecule has 90 valence electrons. The van der Waals surface area contributed by atoms with E-state index >= 15 is 0 Å². The summed E-state index contributed by atoms with van der Waals surface area (Å²) in [4.78, 5) is 14.0. The maximum Gasteiger partial charge on any atom is 0.230 e. The van der Waals surface area contributed by atoms with Gasteiger partial charge in [-0.25, -0.2) is 0 Å². The quantitative estimate of drug-likeness (QED) is 0.759. The highest BCUT2D eigenvalue weighted by atomic mass is 16.4. The topological polar surface area (TPSA) is 46.6 Å². The van der Waals surface area contributed by atoms with Gasteiger partial charge in [0, 0.05) is 18.7 Å². The van der Waals surface area contributed by atoms with E-state index in [0.29, 0.717) is 17.1 Å². The minimum atomic E-state index is -0.0973. The molecular weight excluding hydrogens is 218 g/mol. The van der Waals surface area contributed by atoms with E-state index in [9.17, 15) is 4.79 Å². The summed E-state index contributed by atoms with van der Waals surface area (Å²) in [5.74, 6) is 0.673. The van der Waals surface area contributed by atoms with Crippen LogP contribution in [0.5, 0.6) is 0 Å². The Morgan fingerprint density at radius 2 is 1.94 bits per heavy atom. The van der Waals surface area contributed by atoms with Crippen LogP contribution in [-0.2, 0) is 0 Å². The van der Waals surface area contributed by atoms with Crippen molar-refractivity contribution in [3.8, 4) is 0 Å². The van der Waals surface area contributed by atoms with Gasteiger partial charge in [-0.2, -0.15) is 0 Å². The summed E-state index contributed by atoms with van der Waals surface area (Å²) in [6, 6.07) is 1.54. The Morgan fingerprint density at radius 3 is 2.71 bits per heavy atom. The molecule has 1 aliphatic rings. The second kappa shape index (κ2) is 3.95. The number of anilines is 1. The average molecular weight is 233 g/mol. The SMILES string of the molecule is Cc1coc2c(=O)cc(N3CCCCC3)oc12. The van der Waals surface area contributed by atoms with Gasteiger partial charge in [0.15, 0.2) is 11.5 Å². The van der Waals surface area contributed by atoms with Crippen LogP contribution in [0.2, 0.25) is 0 Å². The van der Waals surface area contributed by atoms with Crippen molar-refractivity contribution >= 4 is 17.1 Å². The number of rotatable bonds is 1. The summed E-state index contributed by atoms with van der Waals surface area (Å²) in [6.07, 6.45) is 5.14. The van der Waals surface area contributed by atoms with Gasteiger partial charge in [0.25, 0.3) is 0 Å². The van der Waals surface area contributed by atoms with Crippen LogP contribution in [0.25, 0.3) is 11.2 Å². The molecule has 0 bridgehead atoms. The lowest BCUT2D eigenvalue weighted by Gasteiger charge is -2.26. The number of piperidine rings is 1. The molecular formula is C13H15NO3. The Balaban J connectivity index is 2.10. The molecule has 0 unspecified atom stereocenters. The third-order valence-corrected chi connectivity index (χ3v) is 3.27. The molecule has 0 atom stereocenters. The molecule has 0 spiro atoms. The van der Waals surface area contributed by atoms with E-state index in [-0.39, 0.29) is 5.43 Å². The zero-order chi connectivity index (χ0) is 11.8. The Labute approximate surface area is 98.8 Å². The summed E-state index contributed by atoms with van der Waals surface area (Å²) >= 11 is 0. The first-order valence-corrected chi connectivity index (χ1v) is 6.02. The Bertz CT molecular complexity index is 590. The fraction of sp³-hybridized carbons (Fsp3) is 0.462. The molecule has 3 rings (SSSR count). The molecule has 2 aromatic heterocycles. The van der Waals surface area contributed by atoms with Crippen LogP contribution in [-0.4, -0.2) is 13.1 Å². The van der Waals surface area contributed by atoms with Gasteiger partial charge in [0.05, 0.1) is 12.3 Å². The van der Waals surface area contributed by atoms with Crippen LogP contribution in [0.15, 0.2) is 26.0 Å². The molecule has 0 saturated carbocycles. The average Bonchev–Trinajstić information content (AvgIpc) is 2.73. The summed E-state index contributed by atoms with van der Waals surface area (Å²) in [5.41, 5.74) is 1.68. The van der Waals surface area contributed by atoms with Crippen LogP contribution < -0.4 is 10.3 Å². The van der Waals surface area contributed by atoms with E-state index < -0.39 is 0 Å². The van der Waals surface area contributed by atoms with Gasteiger partial charge in [0.2, 0.25) is 11.0 Å². The molecule has 0 aliphatic carbocycles. The molecule has 1 saturated heterocycles. The van der Waals surface area contributed by atoms with Crippen molar-refractivity contribution in [2.24, 2.45) is 0 Å². The highest BCUT2D eigenvalue weighted by Crippen LogP contribution is 2.25. The van der Waals surface area contributed by atoms with Crippen LogP contribution in [0, 0.1) is 6.92 Å². The summed E-state index contributed by atoms with van der Waals surface area (Å²) in [6.45, 7) is 3.81. The third kappa shape index (κ3) is 1.73. The van der Waals surface area contributed by atoms with Crippen molar-refractivity contribution in [3.05, 3.63) is 28.1 Å². The van der Waals surface area contributed by atoms with Gasteiger partial charge in [-0.05, 0) is 26.2 Å². The summed E-state index contributed by atoms with van der Waals surface area (Å²) in [5, 5.41) is 0. The van der Waals surface area contributed by atoms with Gasteiger partial charge >= 0.3 is 0 Å². The minimum Gasteiger partial charge on any atom is -0.456 e. The standard InChI is InChI=1S/C13H15NO3/c1-9-8-16-13-10(15)7-11(17-12(9)13)14-5-3-2-4-6-14/h7-8H,2-6H2,1H3. The molecule has 1 aliphatic heterocycles. The van der Waals surface area contributed by atoms with Crippen molar-refractivity contribution in [1.82, 2.24) is 0 Å². The lowest BCUT2D eigenvalue weighted by atomic mass is 10.1. The van der Waals surface area contributed by atoms with Gasteiger partial charge in [-0.1, -0.05) is 0 Å². The molecule has 1 fully saturated rings. The molecule has 4 nitrogen and oxygen atoms in total. The second-order valence-corrected chi connectivity index (χ2v) is 4.57. The van der Waals surface area contributed by atoms with E-state index in [1.165, 1.54) is 12.5 Å². The van der Waals surface area contributed by atoms with Crippen LogP contribution >= 0.6 is 0 Å². The van der Waals surface area contributed by atoms with Crippen molar-refractivity contribution < 1.29 is 8.83 Å². The van der Waals surface area contributed by atoms with Gasteiger partial charge in [-0.15, -0.1) is 0 Å². The fourth-order valence-electron chi connectivity index (χ4n) is 2.31. The molecule has 4 heteroatoms. The maximum atomic E-state index is 11.9. The smallest absolute Gasteiger partial charge is 0.230 e. The molecule has 0 aromatic carbocycles. The largest absolute Gasteiger partial charge is 0.456 e. The number of fused-ring (bicyclic) bond motifs is 1. The van der Waals surface area contributed by atoms with E-state index in [1.807, 2.05) is 6.92 Å². The maximum absolute atomic E-state index is 11.9. The number of hydrogen-bond donors (Lipinski definition) is 0. The highest BCUT2D eigenvalue weighted by Gasteiger charge is 2.17. The van der Waals surface area contributed by atoms with Crippen molar-refractivity contribution in [2.75, 3.05) is 18.0 Å². The Hall–Kier alpha value is -1.71. The van der Waals surface area contributed by atoms with Gasteiger partial charge < -0.3 is 13.7 Å². The predicted molar refractivity (Wildman–Crippen MR) is 65.6 cm³/mol. The monoisotopic (exact) mass is 233 g/mol. The molecule has 2 aromatic rings. The lowest BCUT2D eigenvalue weighted by Crippen LogP contribution is -2.29. The summed E-state index contributed by atoms with van der Waals surface area (Å²) < 4.78 is 11.0. The van der Waals surface area contributed by atoms with Crippen LogP contribution in [0.1, 0.15) is 24.8 Å². The van der Waals surface area contributed by atoms with Crippen molar-refractivity contribution in [2.45, 2.75) is 26.2 Å². The highest BCUT2D eigenvalue weighted by molar-refractivity contribution is 5.75. The Morgan fingerprint density at radius 1 is 1.18 bits per heavy atom. The number of aryl methyl sites for hydroxylation is 1. The Kier molecular flexibility index (Phi) is 2.42. The predicted octanol–water partition coefficient (Wildman–Crippen LogP) is 2.68. The molecule has 17 heavy (non-hydrogen) atoms. The number of hydrogen-bond acceptors (Lipinski definition) is 4. The molecule has 0 radical (unpaired) electrons. The van der Waals surface area contributed by atoms with Crippen LogP contribution in [0.3, 0.4) is 0 Å². The second-order valence-electron chi connectivity index (χ2n) is 4.57. The molecule has 0 N–H and O–H groups in total. The zero-order valence-electron chi connectivity index (χ0n) is 9.86. The first-order valence-electron chi connectivity index (χ1n) is 6.02. The van der Waals surface area contributed by atoms with E-state index in [4.69, 9.17) is 8.83 Å². The van der Waals surface area contributed by atoms with E-state index in [0.717, 1.165) is 31.5 Å². The van der Waals surface area contributed by atoms with E-state index in [2.05, 4.69) is 4.90 Å². The van der Waals surface area contributed by atoms with E-state index in [1.54, 1.807) is 6.26 Å². The lowest BCUT2D eigenvalue weighted by molar-refractivity contribution is 0.509. The summed E-state index contributed by atoms with van der Waals surface area (Å²) in [7, 11) is 0. The van der Waals surface area contributed by atoms with Crippen molar-refractivity contribution in [1.29, 1.82) is 0 Å². The number of furan rings is 1. The minimum absolute atomic E-state index is 0.0973. The first kappa shape index (κ1) is 10.4. The van der Waals surface area contributed by atoms with Crippen LogP contribution in [0.4, 0.5) is 5.88 Å².